The number of para-hydroxylation sites is 1. The summed E-state index contributed by atoms with van der Waals surface area (Å²) in [7, 11) is 0. The molecule has 10 heteroatoms. The smallest absolute Gasteiger partial charge is 0.253 e. The van der Waals surface area contributed by atoms with Crippen molar-refractivity contribution >= 4 is 23.0 Å². The molecule has 0 saturated heterocycles. The van der Waals surface area contributed by atoms with Gasteiger partial charge in [-0.1, -0.05) is 18.2 Å². The molecule has 1 aromatic carbocycles. The van der Waals surface area contributed by atoms with Crippen molar-refractivity contribution in [1.29, 1.82) is 0 Å². The second kappa shape index (κ2) is 7.63. The Bertz CT molecular complexity index is 1280. The standard InChI is InChI=1S/C21H20N8O2/c1-13-15(20(30)22-7-4-10-29-24-8-9-25-29)11-28-19(13)18(23-12-26-28)17-14-5-2-3-6-16(14)27-21(17)31/h2-3,5-6,8-9,11-12,17H,4,7,10H2,1H3,(H,22,30)(H,27,31). The van der Waals surface area contributed by atoms with E-state index in [0.717, 1.165) is 16.8 Å². The quantitative estimate of drug-likeness (QED) is 0.460. The molecule has 1 aliphatic rings. The van der Waals surface area contributed by atoms with Crippen LogP contribution in [0.2, 0.25) is 0 Å². The fraction of sp³-hybridized carbons (Fsp3) is 0.238. The van der Waals surface area contributed by atoms with Gasteiger partial charge in [-0.3, -0.25) is 9.59 Å². The van der Waals surface area contributed by atoms with Crippen LogP contribution < -0.4 is 10.6 Å². The highest BCUT2D eigenvalue weighted by molar-refractivity contribution is 6.06. The zero-order valence-corrected chi connectivity index (χ0v) is 16.8. The van der Waals surface area contributed by atoms with Gasteiger partial charge in [0, 0.05) is 18.4 Å². The van der Waals surface area contributed by atoms with Crippen molar-refractivity contribution in [3.05, 3.63) is 71.6 Å². The van der Waals surface area contributed by atoms with Crippen molar-refractivity contribution in [3.8, 4) is 0 Å². The summed E-state index contributed by atoms with van der Waals surface area (Å²) < 4.78 is 1.62. The van der Waals surface area contributed by atoms with Crippen molar-refractivity contribution in [2.45, 2.75) is 25.8 Å². The van der Waals surface area contributed by atoms with Crippen molar-refractivity contribution in [3.63, 3.8) is 0 Å². The van der Waals surface area contributed by atoms with Gasteiger partial charge in [-0.05, 0) is 30.5 Å². The molecule has 4 aromatic rings. The van der Waals surface area contributed by atoms with E-state index in [1.807, 2.05) is 31.2 Å². The molecule has 0 aliphatic carbocycles. The lowest BCUT2D eigenvalue weighted by atomic mass is 9.95. The largest absolute Gasteiger partial charge is 0.352 e. The Hall–Kier alpha value is -4.08. The minimum Gasteiger partial charge on any atom is -0.352 e. The number of nitrogens with one attached hydrogen (secondary N) is 2. The van der Waals surface area contributed by atoms with Crippen molar-refractivity contribution in [1.82, 2.24) is 34.9 Å². The number of aryl methyl sites for hydroxylation is 2. The summed E-state index contributed by atoms with van der Waals surface area (Å²) in [4.78, 5) is 31.5. The molecule has 0 fully saturated rings. The van der Waals surface area contributed by atoms with Gasteiger partial charge in [-0.25, -0.2) is 9.50 Å². The number of nitrogens with zero attached hydrogens (tertiary/aromatic N) is 6. The fourth-order valence-corrected chi connectivity index (χ4v) is 3.99. The number of carbonyl (C=O) groups excluding carboxylic acids is 2. The predicted molar refractivity (Wildman–Crippen MR) is 112 cm³/mol. The van der Waals surface area contributed by atoms with Crippen molar-refractivity contribution < 1.29 is 9.59 Å². The van der Waals surface area contributed by atoms with Crippen LogP contribution in [0.3, 0.4) is 0 Å². The van der Waals surface area contributed by atoms with Gasteiger partial charge in [-0.15, -0.1) is 0 Å². The first-order chi connectivity index (χ1) is 15.1. The van der Waals surface area contributed by atoms with Crippen LogP contribution in [0.15, 0.2) is 49.2 Å². The van der Waals surface area contributed by atoms with Crippen LogP contribution in [-0.2, 0) is 11.3 Å². The molecule has 2 amide bonds. The van der Waals surface area contributed by atoms with Gasteiger partial charge < -0.3 is 10.6 Å². The summed E-state index contributed by atoms with van der Waals surface area (Å²) in [6.07, 6.45) is 7.04. The number of anilines is 1. The molecule has 0 spiro atoms. The van der Waals surface area contributed by atoms with Crippen LogP contribution in [0, 0.1) is 6.92 Å². The lowest BCUT2D eigenvalue weighted by Crippen LogP contribution is -2.25. The van der Waals surface area contributed by atoms with Crippen LogP contribution in [0.5, 0.6) is 0 Å². The molecule has 0 radical (unpaired) electrons. The number of carbonyl (C=O) groups is 2. The van der Waals surface area contributed by atoms with Crippen molar-refractivity contribution in [2.24, 2.45) is 0 Å². The third-order valence-electron chi connectivity index (χ3n) is 5.45. The van der Waals surface area contributed by atoms with Gasteiger partial charge in [0.15, 0.2) is 0 Å². The monoisotopic (exact) mass is 416 g/mol. The van der Waals surface area contributed by atoms with Crippen LogP contribution in [0.1, 0.15) is 39.5 Å². The molecule has 1 aliphatic heterocycles. The second-order valence-corrected chi connectivity index (χ2v) is 7.35. The number of amides is 2. The van der Waals surface area contributed by atoms with Gasteiger partial charge >= 0.3 is 0 Å². The van der Waals surface area contributed by atoms with Crippen LogP contribution >= 0.6 is 0 Å². The van der Waals surface area contributed by atoms with Crippen LogP contribution in [0.4, 0.5) is 5.69 Å². The van der Waals surface area contributed by atoms with E-state index in [1.165, 1.54) is 6.33 Å². The van der Waals surface area contributed by atoms with E-state index in [-0.39, 0.29) is 11.8 Å². The molecule has 5 rings (SSSR count). The molecule has 0 bridgehead atoms. The molecule has 4 heterocycles. The molecule has 1 atom stereocenters. The molecule has 0 saturated carbocycles. The van der Waals surface area contributed by atoms with Gasteiger partial charge in [-0.2, -0.15) is 20.1 Å². The zero-order valence-electron chi connectivity index (χ0n) is 16.8. The Balaban J connectivity index is 1.41. The van der Waals surface area contributed by atoms with E-state index in [4.69, 9.17) is 0 Å². The number of hydrogen-bond donors (Lipinski definition) is 2. The molecule has 2 N–H and O–H groups in total. The predicted octanol–water partition coefficient (Wildman–Crippen LogP) is 1.53. The number of rotatable bonds is 6. The maximum Gasteiger partial charge on any atom is 0.253 e. The normalized spacial score (nSPS) is 15.1. The first-order valence-electron chi connectivity index (χ1n) is 9.98. The van der Waals surface area contributed by atoms with E-state index in [1.54, 1.807) is 27.9 Å². The third-order valence-corrected chi connectivity index (χ3v) is 5.45. The van der Waals surface area contributed by atoms with E-state index in [0.29, 0.717) is 36.3 Å². The molecule has 3 aromatic heterocycles. The van der Waals surface area contributed by atoms with E-state index >= 15 is 0 Å². The van der Waals surface area contributed by atoms with Crippen LogP contribution in [-0.4, -0.2) is 48.0 Å². The number of benzene rings is 1. The maximum atomic E-state index is 12.8. The highest BCUT2D eigenvalue weighted by atomic mass is 16.2. The molecule has 156 valence electrons. The first kappa shape index (κ1) is 18.9. The Kier molecular flexibility index (Phi) is 4.66. The Morgan fingerprint density at radius 3 is 2.84 bits per heavy atom. The Morgan fingerprint density at radius 2 is 2.00 bits per heavy atom. The number of aromatic nitrogens is 6. The Morgan fingerprint density at radius 1 is 1.19 bits per heavy atom. The SMILES string of the molecule is Cc1c(C(=O)NCCCn2nccn2)cn2ncnc(C3C(=O)Nc4ccccc43)c12. The number of hydrogen-bond acceptors (Lipinski definition) is 6. The maximum absolute atomic E-state index is 12.8. The molecule has 1 unspecified atom stereocenters. The highest BCUT2D eigenvalue weighted by Crippen LogP contribution is 2.38. The summed E-state index contributed by atoms with van der Waals surface area (Å²) in [6, 6.07) is 7.56. The lowest BCUT2D eigenvalue weighted by Gasteiger charge is -2.10. The first-order valence-corrected chi connectivity index (χ1v) is 9.98. The highest BCUT2D eigenvalue weighted by Gasteiger charge is 2.35. The minimum absolute atomic E-state index is 0.138. The van der Waals surface area contributed by atoms with Crippen molar-refractivity contribution in [2.75, 3.05) is 11.9 Å². The molecule has 31 heavy (non-hydrogen) atoms. The van der Waals surface area contributed by atoms with E-state index in [2.05, 4.69) is 30.9 Å². The summed E-state index contributed by atoms with van der Waals surface area (Å²) in [5, 5.41) is 18.2. The molecule has 10 nitrogen and oxygen atoms in total. The Labute approximate surface area is 177 Å². The van der Waals surface area contributed by atoms with Gasteiger partial charge in [0.05, 0.1) is 35.7 Å². The van der Waals surface area contributed by atoms with Gasteiger partial charge in [0.1, 0.15) is 12.2 Å². The lowest BCUT2D eigenvalue weighted by molar-refractivity contribution is -0.116. The fourth-order valence-electron chi connectivity index (χ4n) is 3.99. The van der Waals surface area contributed by atoms with E-state index < -0.39 is 5.92 Å². The topological polar surface area (TPSA) is 119 Å². The number of fused-ring (bicyclic) bond motifs is 2. The second-order valence-electron chi connectivity index (χ2n) is 7.35. The zero-order chi connectivity index (χ0) is 21.4. The van der Waals surface area contributed by atoms with Gasteiger partial charge in [0.25, 0.3) is 5.91 Å². The summed E-state index contributed by atoms with van der Waals surface area (Å²) in [6.45, 7) is 2.96. The molecular formula is C21H20N8O2. The summed E-state index contributed by atoms with van der Waals surface area (Å²) in [5.41, 5.74) is 4.14. The van der Waals surface area contributed by atoms with E-state index in [9.17, 15) is 9.59 Å². The molecular weight excluding hydrogens is 396 g/mol. The van der Waals surface area contributed by atoms with Gasteiger partial charge in [0.2, 0.25) is 5.91 Å². The summed E-state index contributed by atoms with van der Waals surface area (Å²) in [5.74, 6) is -0.882. The minimum atomic E-state index is -0.548. The average Bonchev–Trinajstić information content (AvgIpc) is 3.48. The third kappa shape index (κ3) is 3.31. The van der Waals surface area contributed by atoms with Crippen LogP contribution in [0.25, 0.3) is 5.52 Å². The summed E-state index contributed by atoms with van der Waals surface area (Å²) >= 11 is 0. The average molecular weight is 416 g/mol.